The van der Waals surface area contributed by atoms with Crippen LogP contribution in [0, 0.1) is 10.1 Å². The lowest BCUT2D eigenvalue weighted by Crippen LogP contribution is -2.36. The van der Waals surface area contributed by atoms with E-state index in [0.717, 1.165) is 6.07 Å². The van der Waals surface area contributed by atoms with Gasteiger partial charge in [-0.2, -0.15) is 0 Å². The van der Waals surface area contributed by atoms with Gasteiger partial charge in [-0.05, 0) is 27.6 Å². The molecule has 5 nitrogen and oxygen atoms in total. The van der Waals surface area contributed by atoms with Crippen LogP contribution in [0.25, 0.3) is 0 Å². The molecule has 0 amide bonds. The highest BCUT2D eigenvalue weighted by molar-refractivity contribution is 9.10. The first kappa shape index (κ1) is 13.9. The number of hydrogen-bond acceptors (Lipinski definition) is 4. The number of nitro benzene ring substituents is 1. The van der Waals surface area contributed by atoms with Gasteiger partial charge in [0.15, 0.2) is 0 Å². The predicted molar refractivity (Wildman–Crippen MR) is 59.8 cm³/mol. The predicted octanol–water partition coefficient (Wildman–Crippen LogP) is 1.98. The van der Waals surface area contributed by atoms with E-state index in [9.17, 15) is 18.9 Å². The van der Waals surface area contributed by atoms with Crippen molar-refractivity contribution in [3.05, 3.63) is 38.3 Å². The largest absolute Gasteiger partial charge is 0.390 e. The Hall–Kier alpha value is -1.12. The summed E-state index contributed by atoms with van der Waals surface area (Å²) in [5.74, 6) is -3.53. The van der Waals surface area contributed by atoms with E-state index in [0.29, 0.717) is 0 Å². The number of benzene rings is 1. The zero-order valence-electron chi connectivity index (χ0n) is 8.44. The van der Waals surface area contributed by atoms with E-state index >= 15 is 0 Å². The lowest BCUT2D eigenvalue weighted by Gasteiger charge is -2.21. The number of alkyl halides is 2. The molecule has 0 spiro atoms. The van der Waals surface area contributed by atoms with E-state index in [1.54, 1.807) is 0 Å². The highest BCUT2D eigenvalue weighted by atomic mass is 79.9. The van der Waals surface area contributed by atoms with Gasteiger partial charge in [-0.1, -0.05) is 6.07 Å². The second kappa shape index (κ2) is 5.03. The van der Waals surface area contributed by atoms with Crippen LogP contribution < -0.4 is 5.73 Å². The maximum Gasteiger partial charge on any atom is 0.289 e. The van der Waals surface area contributed by atoms with E-state index < -0.39 is 23.5 Å². The summed E-state index contributed by atoms with van der Waals surface area (Å²) in [7, 11) is 0. The molecule has 0 aromatic heterocycles. The van der Waals surface area contributed by atoms with Crippen LogP contribution in [0.2, 0.25) is 0 Å². The summed E-state index contributed by atoms with van der Waals surface area (Å²) < 4.78 is 26.4. The molecular weight excluding hydrogens is 302 g/mol. The average molecular weight is 311 g/mol. The van der Waals surface area contributed by atoms with Crippen molar-refractivity contribution in [2.45, 2.75) is 12.0 Å². The topological polar surface area (TPSA) is 89.4 Å². The minimum Gasteiger partial charge on any atom is -0.390 e. The average Bonchev–Trinajstić information content (AvgIpc) is 2.28. The van der Waals surface area contributed by atoms with Gasteiger partial charge in [-0.3, -0.25) is 10.1 Å². The second-order valence-electron chi connectivity index (χ2n) is 3.36. The normalized spacial score (nSPS) is 13.5. The van der Waals surface area contributed by atoms with Gasteiger partial charge in [0, 0.05) is 6.07 Å². The van der Waals surface area contributed by atoms with Gasteiger partial charge >= 0.3 is 0 Å². The fourth-order valence-electron chi connectivity index (χ4n) is 1.21. The van der Waals surface area contributed by atoms with Crippen LogP contribution in [-0.2, 0) is 0 Å². The molecule has 8 heteroatoms. The fourth-order valence-corrected chi connectivity index (χ4v) is 1.60. The number of aliphatic hydroxyl groups is 1. The van der Waals surface area contributed by atoms with Crippen molar-refractivity contribution in [2.75, 3.05) is 6.61 Å². The van der Waals surface area contributed by atoms with Crippen LogP contribution in [0.4, 0.5) is 14.5 Å². The fraction of sp³-hybridized carbons (Fsp3) is 0.333. The molecule has 0 saturated carbocycles. The highest BCUT2D eigenvalue weighted by Gasteiger charge is 2.38. The van der Waals surface area contributed by atoms with E-state index in [1.165, 1.54) is 12.1 Å². The molecule has 0 saturated heterocycles. The standard InChI is InChI=1S/C9H9BrF2N2O3/c10-6-2-1-5(3-7(6)14(16)17)8(13)9(11,12)4-15/h1-3,8,15H,4,13H2/t8-/m1/s1. The van der Waals surface area contributed by atoms with Crippen molar-refractivity contribution >= 4 is 21.6 Å². The molecule has 17 heavy (non-hydrogen) atoms. The number of nitro groups is 1. The molecule has 0 bridgehead atoms. The molecule has 0 aliphatic carbocycles. The number of aliphatic hydroxyl groups excluding tert-OH is 1. The van der Waals surface area contributed by atoms with Gasteiger partial charge in [0.1, 0.15) is 6.61 Å². The minimum atomic E-state index is -3.53. The lowest BCUT2D eigenvalue weighted by molar-refractivity contribution is -0.385. The molecule has 1 atom stereocenters. The summed E-state index contributed by atoms with van der Waals surface area (Å²) in [6, 6.07) is 1.67. The summed E-state index contributed by atoms with van der Waals surface area (Å²) in [6.45, 7) is -1.42. The Morgan fingerprint density at radius 1 is 1.59 bits per heavy atom. The Labute approximate surface area is 104 Å². The molecule has 0 aliphatic heterocycles. The minimum absolute atomic E-state index is 0.112. The number of hydrogen-bond donors (Lipinski definition) is 2. The van der Waals surface area contributed by atoms with Crippen molar-refractivity contribution in [3.8, 4) is 0 Å². The third-order valence-corrected chi connectivity index (χ3v) is 2.86. The molecular formula is C9H9BrF2N2O3. The Morgan fingerprint density at radius 3 is 2.65 bits per heavy atom. The van der Waals surface area contributed by atoms with Gasteiger partial charge < -0.3 is 10.8 Å². The van der Waals surface area contributed by atoms with Crippen LogP contribution in [0.3, 0.4) is 0 Å². The lowest BCUT2D eigenvalue weighted by atomic mass is 10.0. The van der Waals surface area contributed by atoms with E-state index in [2.05, 4.69) is 15.9 Å². The van der Waals surface area contributed by atoms with Gasteiger partial charge in [0.25, 0.3) is 11.6 Å². The number of nitrogens with zero attached hydrogens (tertiary/aromatic N) is 1. The summed E-state index contributed by atoms with van der Waals surface area (Å²) in [6.07, 6.45) is 0. The van der Waals surface area contributed by atoms with Gasteiger partial charge in [0.2, 0.25) is 0 Å². The van der Waals surface area contributed by atoms with Crippen molar-refractivity contribution in [2.24, 2.45) is 5.73 Å². The van der Waals surface area contributed by atoms with Gasteiger partial charge in [0.05, 0.1) is 15.4 Å². The summed E-state index contributed by atoms with van der Waals surface area (Å²) in [4.78, 5) is 9.90. The maximum absolute atomic E-state index is 13.1. The second-order valence-corrected chi connectivity index (χ2v) is 4.22. The van der Waals surface area contributed by atoms with Crippen molar-refractivity contribution in [1.29, 1.82) is 0 Å². The molecule has 0 heterocycles. The highest BCUT2D eigenvalue weighted by Crippen LogP contribution is 2.33. The first-order valence-electron chi connectivity index (χ1n) is 4.47. The number of halogens is 3. The molecule has 0 unspecified atom stereocenters. The molecule has 94 valence electrons. The van der Waals surface area contributed by atoms with Gasteiger partial charge in [-0.25, -0.2) is 8.78 Å². The number of rotatable bonds is 4. The summed E-state index contributed by atoms with van der Waals surface area (Å²) in [5.41, 5.74) is 4.79. The molecule has 1 rings (SSSR count). The molecule has 0 radical (unpaired) electrons. The Kier molecular flexibility index (Phi) is 4.12. The first-order chi connectivity index (χ1) is 7.79. The maximum atomic E-state index is 13.1. The van der Waals surface area contributed by atoms with E-state index in [1.807, 2.05) is 0 Å². The Bertz CT molecular complexity index is 442. The Morgan fingerprint density at radius 2 is 2.18 bits per heavy atom. The van der Waals surface area contributed by atoms with Crippen LogP contribution in [0.5, 0.6) is 0 Å². The van der Waals surface area contributed by atoms with Crippen LogP contribution >= 0.6 is 15.9 Å². The summed E-state index contributed by atoms with van der Waals surface area (Å²) in [5, 5.41) is 19.1. The monoisotopic (exact) mass is 310 g/mol. The van der Waals surface area contributed by atoms with Crippen molar-refractivity contribution < 1.29 is 18.8 Å². The van der Waals surface area contributed by atoms with E-state index in [-0.39, 0.29) is 15.7 Å². The molecule has 1 aromatic rings. The third-order valence-electron chi connectivity index (χ3n) is 2.19. The summed E-state index contributed by atoms with van der Waals surface area (Å²) >= 11 is 2.93. The van der Waals surface area contributed by atoms with E-state index in [4.69, 9.17) is 10.8 Å². The van der Waals surface area contributed by atoms with Crippen molar-refractivity contribution in [3.63, 3.8) is 0 Å². The van der Waals surface area contributed by atoms with Gasteiger partial charge in [-0.15, -0.1) is 0 Å². The van der Waals surface area contributed by atoms with Crippen molar-refractivity contribution in [1.82, 2.24) is 0 Å². The SMILES string of the molecule is N[C@H](c1ccc(Br)c([N+](=O)[O-])c1)C(F)(F)CO. The molecule has 3 N–H and O–H groups in total. The first-order valence-corrected chi connectivity index (χ1v) is 5.27. The zero-order chi connectivity index (χ0) is 13.2. The smallest absolute Gasteiger partial charge is 0.289 e. The Balaban J connectivity index is 3.16. The third kappa shape index (κ3) is 2.96. The van der Waals surface area contributed by atoms with Crippen LogP contribution in [-0.4, -0.2) is 22.6 Å². The molecule has 0 aliphatic rings. The van der Waals surface area contributed by atoms with Crippen LogP contribution in [0.15, 0.2) is 22.7 Å². The quantitative estimate of drug-likeness (QED) is 0.657. The van der Waals surface area contributed by atoms with Crippen LogP contribution in [0.1, 0.15) is 11.6 Å². The molecule has 0 fully saturated rings. The zero-order valence-corrected chi connectivity index (χ0v) is 10.0. The number of nitrogens with two attached hydrogens (primary N) is 1. The molecule has 1 aromatic carbocycles.